The second-order valence-electron chi connectivity index (χ2n) is 6.11. The first-order valence-corrected chi connectivity index (χ1v) is 8.07. The quantitative estimate of drug-likeness (QED) is 0.765. The first-order valence-electron chi connectivity index (χ1n) is 8.07. The number of benzene rings is 1. The molecular formula is C18H29NO. The minimum Gasteiger partial charge on any atom is -0.496 e. The van der Waals surface area contributed by atoms with Crippen LogP contribution < -0.4 is 10.1 Å². The molecule has 0 bridgehead atoms. The average molecular weight is 275 g/mol. The summed E-state index contributed by atoms with van der Waals surface area (Å²) in [6, 6.07) is 7.34. The highest BCUT2D eigenvalue weighted by Crippen LogP contribution is 2.36. The normalized spacial score (nSPS) is 16.4. The van der Waals surface area contributed by atoms with Gasteiger partial charge in [-0.2, -0.15) is 0 Å². The second kappa shape index (κ2) is 7.12. The summed E-state index contributed by atoms with van der Waals surface area (Å²) in [5.74, 6) is 2.32. The van der Waals surface area contributed by atoms with Crippen LogP contribution in [0.15, 0.2) is 18.2 Å². The largest absolute Gasteiger partial charge is 0.496 e. The molecule has 1 aromatic rings. The zero-order valence-corrected chi connectivity index (χ0v) is 13.4. The zero-order valence-electron chi connectivity index (χ0n) is 13.4. The number of rotatable bonds is 8. The van der Waals surface area contributed by atoms with Gasteiger partial charge in [-0.25, -0.2) is 0 Å². The molecule has 1 atom stereocenters. The summed E-state index contributed by atoms with van der Waals surface area (Å²) in [4.78, 5) is 0. The third-order valence-corrected chi connectivity index (χ3v) is 4.61. The van der Waals surface area contributed by atoms with Crippen molar-refractivity contribution in [2.24, 2.45) is 5.92 Å². The van der Waals surface area contributed by atoms with Crippen molar-refractivity contribution in [3.8, 4) is 5.75 Å². The standard InChI is InChI=1S/C18H29NO/c1-5-14(6-2)17(12-19-15-8-9-15)16-11-13(3)7-10-18(16)20-4/h7,10-11,14-15,17,19H,5-6,8-9,12H2,1-4H3. The van der Waals surface area contributed by atoms with Crippen LogP contribution in [0.1, 0.15) is 56.6 Å². The van der Waals surface area contributed by atoms with Gasteiger partial charge < -0.3 is 10.1 Å². The van der Waals surface area contributed by atoms with Crippen molar-refractivity contribution in [2.45, 2.75) is 58.4 Å². The minimum atomic E-state index is 0.556. The lowest BCUT2D eigenvalue weighted by Gasteiger charge is -2.28. The second-order valence-corrected chi connectivity index (χ2v) is 6.11. The van der Waals surface area contributed by atoms with Crippen LogP contribution in [0, 0.1) is 12.8 Å². The first-order chi connectivity index (χ1) is 9.69. The summed E-state index contributed by atoms with van der Waals surface area (Å²) in [6.45, 7) is 7.86. The molecule has 0 saturated heterocycles. The molecule has 1 aliphatic rings. The van der Waals surface area contributed by atoms with Gasteiger partial charge in [-0.1, -0.05) is 44.4 Å². The van der Waals surface area contributed by atoms with Gasteiger partial charge in [0.2, 0.25) is 0 Å². The molecule has 1 aliphatic carbocycles. The summed E-state index contributed by atoms with van der Waals surface area (Å²) in [5, 5.41) is 3.72. The third-order valence-electron chi connectivity index (χ3n) is 4.61. The van der Waals surface area contributed by atoms with Gasteiger partial charge in [0.1, 0.15) is 5.75 Å². The van der Waals surface area contributed by atoms with Crippen molar-refractivity contribution in [3.05, 3.63) is 29.3 Å². The number of hydrogen-bond donors (Lipinski definition) is 1. The Bertz CT molecular complexity index is 421. The fourth-order valence-corrected chi connectivity index (χ4v) is 3.11. The molecular weight excluding hydrogens is 246 g/mol. The molecule has 0 aliphatic heterocycles. The van der Waals surface area contributed by atoms with Crippen LogP contribution in [0.25, 0.3) is 0 Å². The lowest BCUT2D eigenvalue weighted by atomic mass is 9.81. The summed E-state index contributed by atoms with van der Waals surface area (Å²) in [7, 11) is 1.78. The molecule has 1 saturated carbocycles. The highest BCUT2D eigenvalue weighted by atomic mass is 16.5. The summed E-state index contributed by atoms with van der Waals surface area (Å²) >= 11 is 0. The molecule has 1 N–H and O–H groups in total. The van der Waals surface area contributed by atoms with Crippen LogP contribution in [0.5, 0.6) is 5.75 Å². The monoisotopic (exact) mass is 275 g/mol. The number of ether oxygens (including phenoxy) is 1. The van der Waals surface area contributed by atoms with E-state index >= 15 is 0 Å². The Morgan fingerprint density at radius 2 is 1.95 bits per heavy atom. The number of aryl methyl sites for hydroxylation is 1. The van der Waals surface area contributed by atoms with Gasteiger partial charge in [0.05, 0.1) is 7.11 Å². The van der Waals surface area contributed by atoms with Gasteiger partial charge in [0.15, 0.2) is 0 Å². The topological polar surface area (TPSA) is 21.3 Å². The molecule has 0 radical (unpaired) electrons. The number of nitrogens with one attached hydrogen (secondary N) is 1. The first kappa shape index (κ1) is 15.4. The van der Waals surface area contributed by atoms with E-state index in [1.807, 2.05) is 0 Å². The Balaban J connectivity index is 2.24. The van der Waals surface area contributed by atoms with Gasteiger partial charge in [0.25, 0.3) is 0 Å². The third kappa shape index (κ3) is 3.76. The zero-order chi connectivity index (χ0) is 14.5. The lowest BCUT2D eigenvalue weighted by molar-refractivity contribution is 0.355. The van der Waals surface area contributed by atoms with Gasteiger partial charge in [-0.3, -0.25) is 0 Å². The Labute approximate surface area is 123 Å². The number of hydrogen-bond acceptors (Lipinski definition) is 2. The van der Waals surface area contributed by atoms with Gasteiger partial charge in [-0.05, 0) is 37.3 Å². The average Bonchev–Trinajstić information content (AvgIpc) is 3.27. The van der Waals surface area contributed by atoms with Crippen molar-refractivity contribution in [3.63, 3.8) is 0 Å². The van der Waals surface area contributed by atoms with Crippen LogP contribution in [-0.4, -0.2) is 19.7 Å². The van der Waals surface area contributed by atoms with Crippen LogP contribution in [0.4, 0.5) is 0 Å². The smallest absolute Gasteiger partial charge is 0.122 e. The predicted molar refractivity (Wildman–Crippen MR) is 85.6 cm³/mol. The van der Waals surface area contributed by atoms with E-state index in [0.29, 0.717) is 5.92 Å². The maximum absolute atomic E-state index is 5.62. The Kier molecular flexibility index (Phi) is 5.47. The van der Waals surface area contributed by atoms with Crippen molar-refractivity contribution >= 4 is 0 Å². The van der Waals surface area contributed by atoms with Gasteiger partial charge in [-0.15, -0.1) is 0 Å². The Hall–Kier alpha value is -1.02. The van der Waals surface area contributed by atoms with Gasteiger partial charge in [0, 0.05) is 18.5 Å². The van der Waals surface area contributed by atoms with E-state index in [1.54, 1.807) is 7.11 Å². The fourth-order valence-electron chi connectivity index (χ4n) is 3.11. The summed E-state index contributed by atoms with van der Waals surface area (Å²) in [5.41, 5.74) is 2.71. The molecule has 0 aromatic heterocycles. The number of methoxy groups -OCH3 is 1. The maximum atomic E-state index is 5.62. The molecule has 2 rings (SSSR count). The maximum Gasteiger partial charge on any atom is 0.122 e. The highest BCUT2D eigenvalue weighted by Gasteiger charge is 2.27. The molecule has 0 heterocycles. The van der Waals surface area contributed by atoms with Crippen molar-refractivity contribution in [1.82, 2.24) is 5.32 Å². The summed E-state index contributed by atoms with van der Waals surface area (Å²) < 4.78 is 5.62. The Morgan fingerprint density at radius 3 is 2.50 bits per heavy atom. The van der Waals surface area contributed by atoms with E-state index in [9.17, 15) is 0 Å². The van der Waals surface area contributed by atoms with E-state index in [0.717, 1.165) is 24.3 Å². The molecule has 1 fully saturated rings. The highest BCUT2D eigenvalue weighted by molar-refractivity contribution is 5.40. The van der Waals surface area contributed by atoms with Crippen LogP contribution in [-0.2, 0) is 0 Å². The van der Waals surface area contributed by atoms with E-state index in [-0.39, 0.29) is 0 Å². The van der Waals surface area contributed by atoms with E-state index in [1.165, 1.54) is 36.8 Å². The van der Waals surface area contributed by atoms with Gasteiger partial charge >= 0.3 is 0 Å². The molecule has 20 heavy (non-hydrogen) atoms. The predicted octanol–water partition coefficient (Wildman–Crippen LogP) is 4.28. The fraction of sp³-hybridized carbons (Fsp3) is 0.667. The Morgan fingerprint density at radius 1 is 1.25 bits per heavy atom. The molecule has 2 nitrogen and oxygen atoms in total. The van der Waals surface area contributed by atoms with Crippen molar-refractivity contribution in [2.75, 3.05) is 13.7 Å². The molecule has 112 valence electrons. The van der Waals surface area contributed by atoms with Crippen LogP contribution in [0.3, 0.4) is 0 Å². The molecule has 1 unspecified atom stereocenters. The van der Waals surface area contributed by atoms with Crippen molar-refractivity contribution in [1.29, 1.82) is 0 Å². The lowest BCUT2D eigenvalue weighted by Crippen LogP contribution is -2.28. The van der Waals surface area contributed by atoms with E-state index in [4.69, 9.17) is 4.74 Å². The molecule has 0 amide bonds. The van der Waals surface area contributed by atoms with Crippen LogP contribution in [0.2, 0.25) is 0 Å². The SMILES string of the molecule is CCC(CC)C(CNC1CC1)c1cc(C)ccc1OC. The molecule has 0 spiro atoms. The molecule has 1 aromatic carbocycles. The minimum absolute atomic E-state index is 0.556. The van der Waals surface area contributed by atoms with Crippen LogP contribution >= 0.6 is 0 Å². The van der Waals surface area contributed by atoms with E-state index in [2.05, 4.69) is 44.3 Å². The van der Waals surface area contributed by atoms with Crippen molar-refractivity contribution < 1.29 is 4.74 Å². The summed E-state index contributed by atoms with van der Waals surface area (Å²) in [6.07, 6.45) is 5.15. The van der Waals surface area contributed by atoms with E-state index < -0.39 is 0 Å². The molecule has 2 heteroatoms.